The van der Waals surface area contributed by atoms with Crippen molar-refractivity contribution in [3.63, 3.8) is 0 Å². The average Bonchev–Trinajstić information content (AvgIpc) is 2.78. The van der Waals surface area contributed by atoms with E-state index in [2.05, 4.69) is 14.2 Å². The Morgan fingerprint density at radius 2 is 1.59 bits per heavy atom. The van der Waals surface area contributed by atoms with Crippen molar-refractivity contribution in [2.75, 3.05) is 17.6 Å². The number of carbonyl (C=O) groups excluding carboxylic acids is 2. The Kier molecular flexibility index (Phi) is 6.82. The first-order chi connectivity index (χ1) is 15.9. The van der Waals surface area contributed by atoms with Crippen molar-refractivity contribution >= 4 is 33.3 Å². The zero-order valence-corrected chi connectivity index (χ0v) is 18.2. The highest BCUT2D eigenvalue weighted by atomic mass is 32.2. The zero-order chi connectivity index (χ0) is 25.1. The Hall–Kier alpha value is -4.06. The van der Waals surface area contributed by atoms with Crippen LogP contribution in [0.15, 0.2) is 71.6 Å². The van der Waals surface area contributed by atoms with Crippen molar-refractivity contribution in [1.82, 2.24) is 0 Å². The highest BCUT2D eigenvalue weighted by molar-refractivity contribution is 7.92. The Labute approximate surface area is 192 Å². The molecular weight excluding hydrogens is 477 g/mol. The number of hydrogen-bond acceptors (Lipinski definition) is 7. The number of carbonyl (C=O) groups is 2. The van der Waals surface area contributed by atoms with Crippen LogP contribution in [-0.4, -0.2) is 33.6 Å². The van der Waals surface area contributed by atoms with E-state index in [4.69, 9.17) is 5.73 Å². The summed E-state index contributed by atoms with van der Waals surface area (Å²) in [7, 11) is -3.25. The smallest absolute Gasteiger partial charge is 0.465 e. The van der Waals surface area contributed by atoms with Gasteiger partial charge in [-0.3, -0.25) is 4.72 Å². The number of methoxy groups -OCH3 is 1. The number of anilines is 2. The minimum Gasteiger partial charge on any atom is -0.465 e. The predicted octanol–water partition coefficient (Wildman–Crippen LogP) is 3.99. The summed E-state index contributed by atoms with van der Waals surface area (Å²) in [5.74, 6) is -4.51. The molecule has 0 radical (unpaired) electrons. The van der Waals surface area contributed by atoms with Crippen LogP contribution in [0.1, 0.15) is 10.4 Å². The largest absolute Gasteiger partial charge is 0.491 e. The first kappa shape index (κ1) is 24.6. The molecule has 0 unspecified atom stereocenters. The van der Waals surface area contributed by atoms with Crippen molar-refractivity contribution < 1.29 is 40.7 Å². The van der Waals surface area contributed by atoms with E-state index in [1.807, 2.05) is 0 Å². The lowest BCUT2D eigenvalue weighted by atomic mass is 10.1. The fourth-order valence-electron chi connectivity index (χ4n) is 2.88. The monoisotopic (exact) mass is 494 g/mol. The number of esters is 2. The third-order valence-electron chi connectivity index (χ3n) is 4.44. The van der Waals surface area contributed by atoms with Gasteiger partial charge in [-0.2, -0.15) is 13.2 Å². The van der Waals surface area contributed by atoms with E-state index in [1.54, 1.807) is 30.3 Å². The molecule has 3 N–H and O–H groups in total. The van der Waals surface area contributed by atoms with E-state index in [-0.39, 0.29) is 10.6 Å². The van der Waals surface area contributed by atoms with Gasteiger partial charge >= 0.3 is 18.1 Å². The standard InChI is InChI=1S/C22H17F3N2O6S/c1-32-20(28)18-9-8-16(12-19(18)33-21(29)22(23,24)25)27-34(30,31)17-7-3-5-14(11-17)13-4-2-6-15(26)10-13/h2-12,27H,26H2,1H3. The fraction of sp³-hybridized carbons (Fsp3) is 0.0909. The summed E-state index contributed by atoms with van der Waals surface area (Å²) in [6, 6.07) is 15.5. The van der Waals surface area contributed by atoms with Gasteiger partial charge in [-0.15, -0.1) is 0 Å². The maximum absolute atomic E-state index is 12.9. The molecule has 0 saturated heterocycles. The van der Waals surface area contributed by atoms with Crippen molar-refractivity contribution in [1.29, 1.82) is 0 Å². The molecule has 0 spiro atoms. The van der Waals surface area contributed by atoms with Crippen LogP contribution < -0.4 is 15.2 Å². The number of ether oxygens (including phenoxy) is 2. The molecule has 0 aliphatic rings. The molecule has 0 aliphatic carbocycles. The lowest BCUT2D eigenvalue weighted by molar-refractivity contribution is -0.189. The maximum atomic E-state index is 12.9. The number of halogens is 3. The number of benzene rings is 3. The van der Waals surface area contributed by atoms with Gasteiger partial charge in [0.2, 0.25) is 0 Å². The molecule has 0 fully saturated rings. The van der Waals surface area contributed by atoms with Crippen LogP contribution in [0.2, 0.25) is 0 Å². The van der Waals surface area contributed by atoms with Gasteiger partial charge in [0.15, 0.2) is 0 Å². The van der Waals surface area contributed by atoms with Crippen LogP contribution in [0.5, 0.6) is 5.75 Å². The predicted molar refractivity (Wildman–Crippen MR) is 117 cm³/mol. The molecule has 178 valence electrons. The quantitative estimate of drug-likeness (QED) is 0.302. The van der Waals surface area contributed by atoms with Crippen LogP contribution in [-0.2, 0) is 19.6 Å². The Bertz CT molecular complexity index is 1360. The average molecular weight is 494 g/mol. The van der Waals surface area contributed by atoms with Crippen molar-refractivity contribution in [2.45, 2.75) is 11.1 Å². The van der Waals surface area contributed by atoms with Crippen LogP contribution in [0.3, 0.4) is 0 Å². The Balaban J connectivity index is 1.95. The van der Waals surface area contributed by atoms with E-state index in [0.29, 0.717) is 16.8 Å². The molecule has 0 aromatic heterocycles. The number of hydrogen-bond donors (Lipinski definition) is 2. The normalized spacial score (nSPS) is 11.5. The molecule has 0 bridgehead atoms. The molecule has 34 heavy (non-hydrogen) atoms. The van der Waals surface area contributed by atoms with E-state index < -0.39 is 39.5 Å². The summed E-state index contributed by atoms with van der Waals surface area (Å²) in [5, 5.41) is 0. The second-order valence-corrected chi connectivity index (χ2v) is 8.53. The minimum atomic E-state index is -5.34. The molecule has 8 nitrogen and oxygen atoms in total. The topological polar surface area (TPSA) is 125 Å². The van der Waals surface area contributed by atoms with Gasteiger partial charge in [-0.05, 0) is 47.5 Å². The Morgan fingerprint density at radius 1 is 0.941 bits per heavy atom. The third kappa shape index (κ3) is 5.64. The SMILES string of the molecule is COC(=O)c1ccc(NS(=O)(=O)c2cccc(-c3cccc(N)c3)c2)cc1OC(=O)C(F)(F)F. The van der Waals surface area contributed by atoms with Gasteiger partial charge in [-0.1, -0.05) is 24.3 Å². The number of alkyl halides is 3. The molecular formula is C22H17F3N2O6S. The molecule has 3 aromatic rings. The first-order valence-electron chi connectivity index (χ1n) is 9.41. The molecule has 0 heterocycles. The lowest BCUT2D eigenvalue weighted by Crippen LogP contribution is -2.28. The van der Waals surface area contributed by atoms with Crippen LogP contribution in [0.25, 0.3) is 11.1 Å². The van der Waals surface area contributed by atoms with Crippen LogP contribution in [0, 0.1) is 0 Å². The molecule has 12 heteroatoms. The fourth-order valence-corrected chi connectivity index (χ4v) is 3.98. The second-order valence-electron chi connectivity index (χ2n) is 6.85. The second kappa shape index (κ2) is 9.43. The first-order valence-corrected chi connectivity index (χ1v) is 10.9. The number of nitrogens with two attached hydrogens (primary N) is 1. The van der Waals surface area contributed by atoms with Gasteiger partial charge in [0.1, 0.15) is 11.3 Å². The zero-order valence-electron chi connectivity index (χ0n) is 17.4. The van der Waals surface area contributed by atoms with Crippen molar-refractivity contribution in [2.24, 2.45) is 0 Å². The summed E-state index contributed by atoms with van der Waals surface area (Å²) in [6.45, 7) is 0. The molecule has 0 aliphatic heterocycles. The van der Waals surface area contributed by atoms with Crippen molar-refractivity contribution in [3.05, 3.63) is 72.3 Å². The third-order valence-corrected chi connectivity index (χ3v) is 5.82. The number of sulfonamides is 1. The van der Waals surface area contributed by atoms with E-state index in [0.717, 1.165) is 25.3 Å². The summed E-state index contributed by atoms with van der Waals surface area (Å²) >= 11 is 0. The number of nitrogen functional groups attached to an aromatic ring is 1. The maximum Gasteiger partial charge on any atom is 0.491 e. The molecule has 0 atom stereocenters. The Morgan fingerprint density at radius 3 is 2.21 bits per heavy atom. The van der Waals surface area contributed by atoms with Gasteiger partial charge in [0, 0.05) is 11.8 Å². The van der Waals surface area contributed by atoms with Gasteiger partial charge in [0.25, 0.3) is 10.0 Å². The summed E-state index contributed by atoms with van der Waals surface area (Å²) < 4.78 is 74.6. The van der Waals surface area contributed by atoms with Gasteiger partial charge < -0.3 is 15.2 Å². The summed E-state index contributed by atoms with van der Waals surface area (Å²) in [5.41, 5.74) is 6.71. The van der Waals surface area contributed by atoms with Crippen LogP contribution >= 0.6 is 0 Å². The number of nitrogens with one attached hydrogen (secondary N) is 1. The molecule has 3 rings (SSSR count). The van der Waals surface area contributed by atoms with E-state index in [1.165, 1.54) is 18.2 Å². The van der Waals surface area contributed by atoms with Crippen molar-refractivity contribution in [3.8, 4) is 16.9 Å². The highest BCUT2D eigenvalue weighted by Gasteiger charge is 2.42. The number of rotatable bonds is 6. The summed E-state index contributed by atoms with van der Waals surface area (Å²) in [4.78, 5) is 22.9. The minimum absolute atomic E-state index is 0.154. The van der Waals surface area contributed by atoms with Gasteiger partial charge in [-0.25, -0.2) is 18.0 Å². The molecule has 3 aromatic carbocycles. The summed E-state index contributed by atoms with van der Waals surface area (Å²) in [6.07, 6.45) is -5.34. The highest BCUT2D eigenvalue weighted by Crippen LogP contribution is 2.30. The van der Waals surface area contributed by atoms with E-state index in [9.17, 15) is 31.2 Å². The van der Waals surface area contributed by atoms with Gasteiger partial charge in [0.05, 0.1) is 17.7 Å². The molecule has 0 amide bonds. The molecule has 0 saturated carbocycles. The van der Waals surface area contributed by atoms with Crippen LogP contribution in [0.4, 0.5) is 24.5 Å². The lowest BCUT2D eigenvalue weighted by Gasteiger charge is -2.14. The van der Waals surface area contributed by atoms with E-state index >= 15 is 0 Å².